The maximum atomic E-state index is 12.4. The van der Waals surface area contributed by atoms with Crippen molar-refractivity contribution in [1.29, 1.82) is 0 Å². The summed E-state index contributed by atoms with van der Waals surface area (Å²) in [6.07, 6.45) is 7.14. The summed E-state index contributed by atoms with van der Waals surface area (Å²) in [6.45, 7) is 2.60. The van der Waals surface area contributed by atoms with Gasteiger partial charge >= 0.3 is 0 Å². The number of hydrogen-bond donors (Lipinski definition) is 1. The van der Waals surface area contributed by atoms with E-state index in [0.29, 0.717) is 39.7 Å². The third-order valence-corrected chi connectivity index (χ3v) is 7.59. The third kappa shape index (κ3) is 5.75. The van der Waals surface area contributed by atoms with Crippen molar-refractivity contribution in [3.8, 4) is 11.5 Å². The number of carbonyl (C=O) groups excluding carboxylic acids is 1. The van der Waals surface area contributed by atoms with Crippen LogP contribution in [0, 0.1) is 5.92 Å². The van der Waals surface area contributed by atoms with Gasteiger partial charge in [0.15, 0.2) is 0 Å². The van der Waals surface area contributed by atoms with Gasteiger partial charge in [-0.25, -0.2) is 18.4 Å². The van der Waals surface area contributed by atoms with E-state index in [1.165, 1.54) is 17.4 Å². The first-order chi connectivity index (χ1) is 15.7. The predicted molar refractivity (Wildman–Crippen MR) is 130 cm³/mol. The number of oxazole rings is 1. The van der Waals surface area contributed by atoms with Crippen molar-refractivity contribution in [1.82, 2.24) is 14.7 Å². The molecular weight excluding hydrogens is 507 g/mol. The monoisotopic (exact) mass is 526 g/mol. The van der Waals surface area contributed by atoms with Crippen molar-refractivity contribution >= 4 is 62.4 Å². The molecule has 1 saturated heterocycles. The van der Waals surface area contributed by atoms with Crippen molar-refractivity contribution in [3.05, 3.63) is 56.7 Å². The number of anilines is 1. The van der Waals surface area contributed by atoms with E-state index in [9.17, 15) is 13.2 Å². The standard InChI is InChI=1S/C21H20Cl2N4O4S2/c1-2-15-10-25-21(31-15)13-8-17(22)19(24-9-13)27-11-14(12-27)20(28)26-33(29,30)7-3-4-16-5-6-18(23)32-16/h3-6,8-10,14H,2,7,11-12H2,1H3,(H,26,28). The van der Waals surface area contributed by atoms with E-state index >= 15 is 0 Å². The predicted octanol–water partition coefficient (Wildman–Crippen LogP) is 4.26. The van der Waals surface area contributed by atoms with Crippen LogP contribution in [-0.4, -0.2) is 43.1 Å². The maximum Gasteiger partial charge on any atom is 0.240 e. The molecule has 33 heavy (non-hydrogen) atoms. The molecule has 1 fully saturated rings. The number of amides is 1. The zero-order chi connectivity index (χ0) is 23.6. The number of hydrogen-bond acceptors (Lipinski definition) is 8. The lowest BCUT2D eigenvalue weighted by Crippen LogP contribution is -2.55. The van der Waals surface area contributed by atoms with Gasteiger partial charge in [-0.3, -0.25) is 9.52 Å². The van der Waals surface area contributed by atoms with E-state index in [-0.39, 0.29) is 5.75 Å². The molecule has 1 N–H and O–H groups in total. The van der Waals surface area contributed by atoms with Crippen LogP contribution in [0.3, 0.4) is 0 Å². The molecule has 3 aromatic heterocycles. The lowest BCUT2D eigenvalue weighted by Gasteiger charge is -2.39. The average Bonchev–Trinajstić information content (AvgIpc) is 3.36. The molecule has 0 unspecified atom stereocenters. The normalized spacial score (nSPS) is 14.6. The number of nitrogens with one attached hydrogen (secondary N) is 1. The summed E-state index contributed by atoms with van der Waals surface area (Å²) in [5.74, 6) is 0.403. The van der Waals surface area contributed by atoms with E-state index < -0.39 is 21.8 Å². The number of sulfonamides is 1. The second-order valence-corrected chi connectivity index (χ2v) is 11.3. The van der Waals surface area contributed by atoms with E-state index in [2.05, 4.69) is 14.7 Å². The molecule has 4 heterocycles. The van der Waals surface area contributed by atoms with Crippen LogP contribution in [0.2, 0.25) is 9.36 Å². The Labute approximate surface area is 205 Å². The van der Waals surface area contributed by atoms with Gasteiger partial charge in [-0.05, 0) is 24.3 Å². The summed E-state index contributed by atoms with van der Waals surface area (Å²) in [5, 5.41) is 0.397. The van der Waals surface area contributed by atoms with Crippen LogP contribution in [-0.2, 0) is 21.2 Å². The van der Waals surface area contributed by atoms with Crippen molar-refractivity contribution in [2.24, 2.45) is 5.92 Å². The molecule has 0 radical (unpaired) electrons. The average molecular weight is 527 g/mol. The van der Waals surface area contributed by atoms with Gasteiger partial charge in [0.05, 0.1) is 32.8 Å². The lowest BCUT2D eigenvalue weighted by atomic mass is 10.00. The van der Waals surface area contributed by atoms with Crippen LogP contribution < -0.4 is 9.62 Å². The Balaban J connectivity index is 1.31. The molecule has 0 saturated carbocycles. The largest absolute Gasteiger partial charge is 0.441 e. The first kappa shape index (κ1) is 23.7. The third-order valence-electron chi connectivity index (χ3n) is 4.97. The highest BCUT2D eigenvalue weighted by atomic mass is 35.5. The molecule has 0 atom stereocenters. The summed E-state index contributed by atoms with van der Waals surface area (Å²) in [7, 11) is -3.78. The second-order valence-electron chi connectivity index (χ2n) is 7.41. The minimum absolute atomic E-state index is 0.305. The van der Waals surface area contributed by atoms with Gasteiger partial charge in [-0.1, -0.05) is 36.2 Å². The molecular formula is C21H20Cl2N4O4S2. The summed E-state index contributed by atoms with van der Waals surface area (Å²) >= 11 is 13.6. The Hall–Kier alpha value is -2.40. The van der Waals surface area contributed by atoms with E-state index in [0.717, 1.165) is 17.1 Å². The molecule has 0 aliphatic carbocycles. The molecule has 12 heteroatoms. The highest BCUT2D eigenvalue weighted by Gasteiger charge is 2.36. The topological polar surface area (TPSA) is 105 Å². The van der Waals surface area contributed by atoms with Gasteiger partial charge in [-0.15, -0.1) is 11.3 Å². The number of rotatable bonds is 8. The summed E-state index contributed by atoms with van der Waals surface area (Å²) in [5.41, 5.74) is 0.655. The summed E-state index contributed by atoms with van der Waals surface area (Å²) < 4.78 is 32.8. The molecule has 4 rings (SSSR count). The van der Waals surface area contributed by atoms with Crippen molar-refractivity contribution in [2.45, 2.75) is 13.3 Å². The molecule has 1 aliphatic heterocycles. The quantitative estimate of drug-likeness (QED) is 0.467. The van der Waals surface area contributed by atoms with Gasteiger partial charge in [0.2, 0.25) is 21.8 Å². The lowest BCUT2D eigenvalue weighted by molar-refractivity contribution is -0.123. The Morgan fingerprint density at radius 2 is 2.09 bits per heavy atom. The number of pyridine rings is 1. The molecule has 1 amide bonds. The zero-order valence-electron chi connectivity index (χ0n) is 17.5. The van der Waals surface area contributed by atoms with Gasteiger partial charge in [0, 0.05) is 30.6 Å². The molecule has 8 nitrogen and oxygen atoms in total. The van der Waals surface area contributed by atoms with E-state index in [1.807, 2.05) is 11.8 Å². The summed E-state index contributed by atoms with van der Waals surface area (Å²) in [6, 6.07) is 5.23. The minimum Gasteiger partial charge on any atom is -0.441 e. The zero-order valence-corrected chi connectivity index (χ0v) is 20.6. The smallest absolute Gasteiger partial charge is 0.240 e. The van der Waals surface area contributed by atoms with Gasteiger partial charge in [-0.2, -0.15) is 0 Å². The van der Waals surface area contributed by atoms with Gasteiger partial charge in [0.1, 0.15) is 11.6 Å². The minimum atomic E-state index is -3.78. The van der Waals surface area contributed by atoms with Gasteiger partial charge < -0.3 is 9.32 Å². The molecule has 0 spiro atoms. The van der Waals surface area contributed by atoms with Gasteiger partial charge in [0.25, 0.3) is 0 Å². The van der Waals surface area contributed by atoms with Crippen LogP contribution in [0.15, 0.2) is 41.1 Å². The van der Waals surface area contributed by atoms with Crippen molar-refractivity contribution in [2.75, 3.05) is 23.7 Å². The van der Waals surface area contributed by atoms with E-state index in [4.69, 9.17) is 27.6 Å². The fourth-order valence-corrected chi connectivity index (χ4v) is 5.37. The summed E-state index contributed by atoms with van der Waals surface area (Å²) in [4.78, 5) is 23.6. The Bertz CT molecular complexity index is 1300. The fourth-order valence-electron chi connectivity index (χ4n) is 3.19. The molecule has 0 aromatic carbocycles. The Kier molecular flexibility index (Phi) is 7.08. The number of carbonyl (C=O) groups is 1. The number of aromatic nitrogens is 2. The molecule has 3 aromatic rings. The van der Waals surface area contributed by atoms with Crippen LogP contribution in [0.25, 0.3) is 17.5 Å². The van der Waals surface area contributed by atoms with Crippen LogP contribution in [0.1, 0.15) is 17.6 Å². The van der Waals surface area contributed by atoms with Crippen LogP contribution >= 0.6 is 34.5 Å². The first-order valence-corrected chi connectivity index (χ1v) is 13.3. The highest BCUT2D eigenvalue weighted by molar-refractivity contribution is 7.90. The second kappa shape index (κ2) is 9.84. The number of halogens is 2. The van der Waals surface area contributed by atoms with Crippen molar-refractivity contribution in [3.63, 3.8) is 0 Å². The SMILES string of the molecule is CCc1cnc(-c2cnc(N3CC(C(=O)NS(=O)(=O)CC=Cc4ccc(Cl)s4)C3)c(Cl)c2)o1. The fraction of sp³-hybridized carbons (Fsp3) is 0.286. The Morgan fingerprint density at radius 1 is 1.30 bits per heavy atom. The van der Waals surface area contributed by atoms with E-state index in [1.54, 1.807) is 36.7 Å². The number of aryl methyl sites for hydroxylation is 1. The molecule has 1 aliphatic rings. The number of thiophene rings is 1. The highest BCUT2D eigenvalue weighted by Crippen LogP contribution is 2.32. The maximum absolute atomic E-state index is 12.4. The molecule has 0 bridgehead atoms. The Morgan fingerprint density at radius 3 is 2.73 bits per heavy atom. The van der Waals surface area contributed by atoms with Crippen LogP contribution in [0.4, 0.5) is 5.82 Å². The number of nitrogens with zero attached hydrogens (tertiary/aromatic N) is 3. The van der Waals surface area contributed by atoms with Crippen LogP contribution in [0.5, 0.6) is 0 Å². The first-order valence-electron chi connectivity index (χ1n) is 10.1. The molecule has 174 valence electrons. The van der Waals surface area contributed by atoms with Crippen molar-refractivity contribution < 1.29 is 17.6 Å².